The van der Waals surface area contributed by atoms with Crippen molar-refractivity contribution in [3.8, 4) is 0 Å². The fraction of sp³-hybridized carbons (Fsp3) is 0.700. The highest BCUT2D eigenvalue weighted by molar-refractivity contribution is 5.94. The highest BCUT2D eigenvalue weighted by Crippen LogP contribution is 2.19. The Morgan fingerprint density at radius 1 is 1.09 bits per heavy atom. The minimum Gasteiger partial charge on any atom is -0.480 e. The number of rotatable bonds is 14. The molecule has 1 saturated heterocycles. The molecule has 15 heteroatoms. The first-order chi connectivity index (χ1) is 16.3. The quantitative estimate of drug-likeness (QED) is 0.0651. The molecule has 198 valence electrons. The molecule has 5 atom stereocenters. The number of carbonyl (C=O) groups excluding carboxylic acids is 4. The number of carboxylic acids is 1. The molecule has 0 aliphatic carbocycles. The Bertz CT molecular complexity index is 815. The molecule has 0 aromatic heterocycles. The van der Waals surface area contributed by atoms with Crippen LogP contribution in [0.25, 0.3) is 0 Å². The van der Waals surface area contributed by atoms with Crippen LogP contribution in [0.5, 0.6) is 0 Å². The summed E-state index contributed by atoms with van der Waals surface area (Å²) in [6.07, 6.45) is -0.475. The van der Waals surface area contributed by atoms with Crippen LogP contribution in [0.15, 0.2) is 4.99 Å². The van der Waals surface area contributed by atoms with E-state index in [0.29, 0.717) is 12.8 Å². The summed E-state index contributed by atoms with van der Waals surface area (Å²) in [6, 6.07) is -4.73. The fourth-order valence-corrected chi connectivity index (χ4v) is 3.56. The highest BCUT2D eigenvalue weighted by Gasteiger charge is 2.38. The number of hydrogen-bond acceptors (Lipinski definition) is 8. The van der Waals surface area contributed by atoms with Gasteiger partial charge in [0.2, 0.25) is 23.6 Å². The van der Waals surface area contributed by atoms with E-state index in [-0.39, 0.29) is 44.7 Å². The summed E-state index contributed by atoms with van der Waals surface area (Å²) in [5, 5.41) is 23.9. The number of aliphatic hydroxyl groups is 1. The smallest absolute Gasteiger partial charge is 0.326 e. The van der Waals surface area contributed by atoms with Crippen molar-refractivity contribution >= 4 is 35.6 Å². The Kier molecular flexibility index (Phi) is 11.9. The van der Waals surface area contributed by atoms with Gasteiger partial charge in [-0.25, -0.2) is 4.79 Å². The van der Waals surface area contributed by atoms with E-state index in [1.54, 1.807) is 0 Å². The van der Waals surface area contributed by atoms with Gasteiger partial charge < -0.3 is 48.7 Å². The molecule has 35 heavy (non-hydrogen) atoms. The second kappa shape index (κ2) is 14.1. The van der Waals surface area contributed by atoms with Crippen LogP contribution >= 0.6 is 0 Å². The Morgan fingerprint density at radius 3 is 2.29 bits per heavy atom. The average molecular weight is 501 g/mol. The van der Waals surface area contributed by atoms with Crippen LogP contribution in [0, 0.1) is 0 Å². The molecule has 12 N–H and O–H groups in total. The number of nitrogens with one attached hydrogen (secondary N) is 2. The lowest BCUT2D eigenvalue weighted by molar-refractivity contribution is -0.143. The summed E-state index contributed by atoms with van der Waals surface area (Å²) in [6.45, 7) is 1.75. The van der Waals surface area contributed by atoms with Gasteiger partial charge in [0.25, 0.3) is 0 Å². The molecule has 1 rings (SSSR count). The molecular formula is C20H36N8O7. The summed E-state index contributed by atoms with van der Waals surface area (Å²) >= 11 is 0. The molecule has 4 amide bonds. The zero-order valence-corrected chi connectivity index (χ0v) is 19.7. The molecule has 0 radical (unpaired) electrons. The number of amides is 4. The molecule has 0 saturated carbocycles. The van der Waals surface area contributed by atoms with Gasteiger partial charge in [0, 0.05) is 19.5 Å². The first-order valence-electron chi connectivity index (χ1n) is 11.3. The number of likely N-dealkylation sites (tertiary alicyclic amines) is 1. The minimum absolute atomic E-state index is 0.0104. The summed E-state index contributed by atoms with van der Waals surface area (Å²) in [5.74, 6) is -4.28. The van der Waals surface area contributed by atoms with Crippen molar-refractivity contribution < 1.29 is 34.2 Å². The maximum Gasteiger partial charge on any atom is 0.326 e. The number of primary amides is 1. The molecule has 0 spiro atoms. The van der Waals surface area contributed by atoms with E-state index in [0.717, 1.165) is 0 Å². The predicted octanol–water partition coefficient (Wildman–Crippen LogP) is -3.94. The number of aliphatic imine (C=N–C) groups is 1. The Morgan fingerprint density at radius 2 is 1.74 bits per heavy atom. The van der Waals surface area contributed by atoms with Crippen LogP contribution in [0.4, 0.5) is 0 Å². The van der Waals surface area contributed by atoms with Crippen molar-refractivity contribution in [3.05, 3.63) is 0 Å². The number of carbonyl (C=O) groups is 5. The van der Waals surface area contributed by atoms with Gasteiger partial charge in [0.15, 0.2) is 5.96 Å². The van der Waals surface area contributed by atoms with Gasteiger partial charge >= 0.3 is 5.97 Å². The number of nitrogens with zero attached hydrogens (tertiary/aromatic N) is 2. The molecule has 1 fully saturated rings. The second-order valence-electron chi connectivity index (χ2n) is 8.37. The maximum absolute atomic E-state index is 12.9. The van der Waals surface area contributed by atoms with Gasteiger partial charge in [0.1, 0.15) is 24.2 Å². The number of aliphatic carboxylic acids is 1. The molecule has 5 unspecified atom stereocenters. The van der Waals surface area contributed by atoms with Crippen molar-refractivity contribution in [1.29, 1.82) is 0 Å². The van der Waals surface area contributed by atoms with Crippen molar-refractivity contribution in [1.82, 2.24) is 15.5 Å². The monoisotopic (exact) mass is 500 g/mol. The van der Waals surface area contributed by atoms with Crippen molar-refractivity contribution in [3.63, 3.8) is 0 Å². The van der Waals surface area contributed by atoms with E-state index in [9.17, 15) is 34.2 Å². The molecule has 0 bridgehead atoms. The average Bonchev–Trinajstić information content (AvgIpc) is 3.26. The second-order valence-corrected chi connectivity index (χ2v) is 8.37. The SMILES string of the molecule is CC(O)C(N)C(=O)N1CCCC1C(=O)NC(CCC(N)=O)C(=O)NC(CCCN=C(N)N)C(=O)O. The Hall–Kier alpha value is -3.46. The van der Waals surface area contributed by atoms with E-state index in [1.165, 1.54) is 11.8 Å². The van der Waals surface area contributed by atoms with Crippen LogP contribution in [-0.2, 0) is 24.0 Å². The summed E-state index contributed by atoms with van der Waals surface area (Å²) in [4.78, 5) is 66.2. The summed E-state index contributed by atoms with van der Waals surface area (Å²) in [7, 11) is 0. The van der Waals surface area contributed by atoms with E-state index >= 15 is 0 Å². The molecule has 0 aromatic carbocycles. The van der Waals surface area contributed by atoms with Crippen LogP contribution in [0.1, 0.15) is 45.4 Å². The van der Waals surface area contributed by atoms with Gasteiger partial charge in [0.05, 0.1) is 6.10 Å². The largest absolute Gasteiger partial charge is 0.480 e. The van der Waals surface area contributed by atoms with Crippen molar-refractivity contribution in [2.75, 3.05) is 13.1 Å². The molecule has 1 heterocycles. The predicted molar refractivity (Wildman–Crippen MR) is 124 cm³/mol. The zero-order chi connectivity index (χ0) is 26.7. The van der Waals surface area contributed by atoms with Crippen LogP contribution < -0.4 is 33.6 Å². The zero-order valence-electron chi connectivity index (χ0n) is 19.7. The first kappa shape index (κ1) is 29.6. The van der Waals surface area contributed by atoms with E-state index < -0.39 is 59.9 Å². The number of aliphatic hydroxyl groups excluding tert-OH is 1. The van der Waals surface area contributed by atoms with Gasteiger partial charge in [-0.15, -0.1) is 0 Å². The van der Waals surface area contributed by atoms with Gasteiger partial charge in [-0.2, -0.15) is 0 Å². The standard InChI is InChI=1S/C20H36N8O7/c1-10(29)15(22)18(33)28-9-3-5-13(28)17(32)26-11(6-7-14(21)30)16(31)27-12(19(34)35)4-2-8-25-20(23)24/h10-13,15,29H,2-9,22H2,1H3,(H2,21,30)(H,26,32)(H,27,31)(H,34,35)(H4,23,24,25). The number of guanidine groups is 1. The summed E-state index contributed by atoms with van der Waals surface area (Å²) in [5.41, 5.74) is 21.3. The summed E-state index contributed by atoms with van der Waals surface area (Å²) < 4.78 is 0. The minimum atomic E-state index is -1.30. The fourth-order valence-electron chi connectivity index (χ4n) is 3.56. The van der Waals surface area contributed by atoms with E-state index in [2.05, 4.69) is 15.6 Å². The van der Waals surface area contributed by atoms with Crippen molar-refractivity contribution in [2.24, 2.45) is 27.9 Å². The molecule has 15 nitrogen and oxygen atoms in total. The number of nitrogens with two attached hydrogens (primary N) is 4. The van der Waals surface area contributed by atoms with Gasteiger partial charge in [-0.1, -0.05) is 0 Å². The Balaban J connectivity index is 2.91. The molecule has 0 aromatic rings. The van der Waals surface area contributed by atoms with Crippen molar-refractivity contribution in [2.45, 2.75) is 75.7 Å². The molecular weight excluding hydrogens is 464 g/mol. The van der Waals surface area contributed by atoms with Crippen LogP contribution in [0.2, 0.25) is 0 Å². The maximum atomic E-state index is 12.9. The lowest BCUT2D eigenvalue weighted by Crippen LogP contribution is -2.57. The van der Waals surface area contributed by atoms with Gasteiger partial charge in [-0.05, 0) is 39.0 Å². The first-order valence-corrected chi connectivity index (χ1v) is 11.3. The number of carboxylic acid groups (broad SMARTS) is 1. The normalized spacial score (nSPS) is 18.6. The lowest BCUT2D eigenvalue weighted by Gasteiger charge is -2.29. The molecule has 1 aliphatic rings. The third kappa shape index (κ3) is 9.74. The third-order valence-corrected chi connectivity index (χ3v) is 5.52. The topological polar surface area (TPSA) is 270 Å². The lowest BCUT2D eigenvalue weighted by atomic mass is 10.1. The van der Waals surface area contributed by atoms with E-state index in [1.807, 2.05) is 0 Å². The van der Waals surface area contributed by atoms with Crippen LogP contribution in [0.3, 0.4) is 0 Å². The molecule has 1 aliphatic heterocycles. The third-order valence-electron chi connectivity index (χ3n) is 5.52. The van der Waals surface area contributed by atoms with Gasteiger partial charge in [-0.3, -0.25) is 24.2 Å². The van der Waals surface area contributed by atoms with Crippen LogP contribution in [-0.4, -0.2) is 94.0 Å². The Labute approximate surface area is 202 Å². The number of hydrogen-bond donors (Lipinski definition) is 8. The highest BCUT2D eigenvalue weighted by atomic mass is 16.4. The van der Waals surface area contributed by atoms with E-state index in [4.69, 9.17) is 22.9 Å².